The number of sulfonamides is 1. The molecule has 8 nitrogen and oxygen atoms in total. The first-order chi connectivity index (χ1) is 17.1. The SMILES string of the molecule is COc1cccc(CN(C(=O)CN(c2ccc(F)cc2)S(C)(=O)=O)[C@@H](C)C(=O)NC2CCCCC2)c1. The molecule has 0 aromatic heterocycles. The number of carbonyl (C=O) groups excluding carboxylic acids is 2. The number of ether oxygens (including phenoxy) is 1. The molecule has 1 N–H and O–H groups in total. The van der Waals surface area contributed by atoms with Crippen molar-refractivity contribution in [1.82, 2.24) is 10.2 Å². The van der Waals surface area contributed by atoms with E-state index in [1.807, 2.05) is 6.07 Å². The van der Waals surface area contributed by atoms with Crippen LogP contribution in [0.15, 0.2) is 48.5 Å². The molecule has 2 amide bonds. The molecule has 0 radical (unpaired) electrons. The number of amides is 2. The number of nitrogens with zero attached hydrogens (tertiary/aromatic N) is 2. The molecule has 0 aliphatic heterocycles. The van der Waals surface area contributed by atoms with Crippen molar-refractivity contribution in [3.8, 4) is 5.75 Å². The quantitative estimate of drug-likeness (QED) is 0.519. The highest BCUT2D eigenvalue weighted by Crippen LogP contribution is 2.22. The summed E-state index contributed by atoms with van der Waals surface area (Å²) in [6, 6.07) is 11.2. The van der Waals surface area contributed by atoms with Gasteiger partial charge in [0.15, 0.2) is 0 Å². The van der Waals surface area contributed by atoms with E-state index in [0.717, 1.165) is 60.4 Å². The predicted octanol–water partition coefficient (Wildman–Crippen LogP) is 3.47. The second kappa shape index (κ2) is 12.2. The summed E-state index contributed by atoms with van der Waals surface area (Å²) >= 11 is 0. The maximum absolute atomic E-state index is 13.6. The van der Waals surface area contributed by atoms with Crippen LogP contribution in [-0.2, 0) is 26.2 Å². The molecule has 0 saturated heterocycles. The highest BCUT2D eigenvalue weighted by Gasteiger charge is 2.31. The molecule has 196 valence electrons. The predicted molar refractivity (Wildman–Crippen MR) is 137 cm³/mol. The lowest BCUT2D eigenvalue weighted by Gasteiger charge is -2.33. The third-order valence-electron chi connectivity index (χ3n) is 6.40. The first-order valence-corrected chi connectivity index (χ1v) is 13.9. The summed E-state index contributed by atoms with van der Waals surface area (Å²) in [5.74, 6) is -0.765. The van der Waals surface area contributed by atoms with Crippen molar-refractivity contribution in [3.05, 3.63) is 59.9 Å². The maximum Gasteiger partial charge on any atom is 0.244 e. The van der Waals surface area contributed by atoms with E-state index in [1.54, 1.807) is 25.1 Å². The lowest BCUT2D eigenvalue weighted by atomic mass is 9.95. The molecule has 1 fully saturated rings. The van der Waals surface area contributed by atoms with Crippen molar-refractivity contribution in [3.63, 3.8) is 0 Å². The molecule has 10 heteroatoms. The minimum atomic E-state index is -3.87. The fourth-order valence-corrected chi connectivity index (χ4v) is 5.19. The van der Waals surface area contributed by atoms with E-state index in [0.29, 0.717) is 5.75 Å². The van der Waals surface area contributed by atoms with E-state index in [-0.39, 0.29) is 24.2 Å². The number of methoxy groups -OCH3 is 1. The second-order valence-corrected chi connectivity index (χ2v) is 11.0. The third-order valence-corrected chi connectivity index (χ3v) is 7.54. The van der Waals surface area contributed by atoms with Crippen LogP contribution in [0.3, 0.4) is 0 Å². The number of halogens is 1. The van der Waals surface area contributed by atoms with Gasteiger partial charge in [-0.1, -0.05) is 31.4 Å². The molecule has 1 saturated carbocycles. The van der Waals surface area contributed by atoms with Gasteiger partial charge in [-0.2, -0.15) is 0 Å². The Kier molecular flexibility index (Phi) is 9.31. The van der Waals surface area contributed by atoms with Crippen LogP contribution >= 0.6 is 0 Å². The Balaban J connectivity index is 1.87. The molecule has 36 heavy (non-hydrogen) atoms. The Morgan fingerprint density at radius 2 is 1.78 bits per heavy atom. The minimum absolute atomic E-state index is 0.0641. The highest BCUT2D eigenvalue weighted by molar-refractivity contribution is 7.92. The van der Waals surface area contributed by atoms with Crippen molar-refractivity contribution in [2.75, 3.05) is 24.2 Å². The molecule has 1 atom stereocenters. The summed E-state index contributed by atoms with van der Waals surface area (Å²) in [6.07, 6.45) is 6.02. The van der Waals surface area contributed by atoms with Crippen molar-refractivity contribution in [2.24, 2.45) is 0 Å². The van der Waals surface area contributed by atoms with Gasteiger partial charge in [0.05, 0.1) is 19.1 Å². The lowest BCUT2D eigenvalue weighted by Crippen LogP contribution is -2.52. The Bertz CT molecular complexity index is 1150. The molecule has 0 spiro atoms. The Labute approximate surface area is 212 Å². The highest BCUT2D eigenvalue weighted by atomic mass is 32.2. The monoisotopic (exact) mass is 519 g/mol. The zero-order valence-electron chi connectivity index (χ0n) is 20.9. The van der Waals surface area contributed by atoms with Gasteiger partial charge in [-0.25, -0.2) is 12.8 Å². The first-order valence-electron chi connectivity index (χ1n) is 12.0. The smallest absolute Gasteiger partial charge is 0.244 e. The minimum Gasteiger partial charge on any atom is -0.497 e. The molecule has 1 aliphatic carbocycles. The summed E-state index contributed by atoms with van der Waals surface area (Å²) in [6.45, 7) is 1.19. The van der Waals surface area contributed by atoms with Crippen molar-refractivity contribution in [2.45, 2.75) is 57.7 Å². The molecule has 0 heterocycles. The Morgan fingerprint density at radius 3 is 2.39 bits per heavy atom. The fraction of sp³-hybridized carbons (Fsp3) is 0.462. The zero-order valence-corrected chi connectivity index (χ0v) is 21.8. The van der Waals surface area contributed by atoms with Crippen LogP contribution in [0.1, 0.15) is 44.6 Å². The van der Waals surface area contributed by atoms with Gasteiger partial charge in [-0.15, -0.1) is 0 Å². The summed E-state index contributed by atoms with van der Waals surface area (Å²) in [7, 11) is -2.33. The maximum atomic E-state index is 13.6. The third kappa shape index (κ3) is 7.43. The topological polar surface area (TPSA) is 96.0 Å². The van der Waals surface area contributed by atoms with Crippen LogP contribution in [0, 0.1) is 5.82 Å². The van der Waals surface area contributed by atoms with E-state index in [9.17, 15) is 22.4 Å². The van der Waals surface area contributed by atoms with Crippen molar-refractivity contribution >= 4 is 27.5 Å². The van der Waals surface area contributed by atoms with E-state index in [2.05, 4.69) is 5.32 Å². The van der Waals surface area contributed by atoms with Crippen molar-refractivity contribution < 1.29 is 27.1 Å². The van der Waals surface area contributed by atoms with E-state index in [4.69, 9.17) is 4.74 Å². The Morgan fingerprint density at radius 1 is 1.11 bits per heavy atom. The summed E-state index contributed by atoms with van der Waals surface area (Å²) in [5, 5.41) is 3.05. The van der Waals surface area contributed by atoms with Crippen LogP contribution in [0.4, 0.5) is 10.1 Å². The van der Waals surface area contributed by atoms with E-state index in [1.165, 1.54) is 24.1 Å². The number of hydrogen-bond donors (Lipinski definition) is 1. The largest absolute Gasteiger partial charge is 0.497 e. The summed E-state index contributed by atoms with van der Waals surface area (Å²) < 4.78 is 44.7. The van der Waals surface area contributed by atoms with Crippen LogP contribution in [0.2, 0.25) is 0 Å². The van der Waals surface area contributed by atoms with Gasteiger partial charge in [0.25, 0.3) is 0 Å². The van der Waals surface area contributed by atoms with Crippen LogP contribution in [0.25, 0.3) is 0 Å². The number of hydrogen-bond acceptors (Lipinski definition) is 5. The summed E-state index contributed by atoms with van der Waals surface area (Å²) in [5.41, 5.74) is 0.889. The van der Waals surface area contributed by atoms with E-state index < -0.39 is 34.3 Å². The molecule has 0 unspecified atom stereocenters. The normalized spacial score (nSPS) is 15.1. The number of carbonyl (C=O) groups is 2. The van der Waals surface area contributed by atoms with Gasteiger partial charge in [0, 0.05) is 12.6 Å². The van der Waals surface area contributed by atoms with Gasteiger partial charge < -0.3 is 15.0 Å². The fourth-order valence-electron chi connectivity index (χ4n) is 4.34. The lowest BCUT2D eigenvalue weighted by molar-refractivity contribution is -0.139. The molecule has 2 aromatic rings. The molecule has 1 aliphatic rings. The van der Waals surface area contributed by atoms with E-state index >= 15 is 0 Å². The van der Waals surface area contributed by atoms with Gasteiger partial charge in [0.1, 0.15) is 24.2 Å². The van der Waals surface area contributed by atoms with Crippen LogP contribution in [-0.4, -0.2) is 57.1 Å². The number of benzene rings is 2. The average molecular weight is 520 g/mol. The average Bonchev–Trinajstić information content (AvgIpc) is 2.86. The summed E-state index contributed by atoms with van der Waals surface area (Å²) in [4.78, 5) is 28.1. The number of anilines is 1. The molecule has 0 bridgehead atoms. The Hall–Kier alpha value is -3.14. The molecular formula is C26H34FN3O5S. The van der Waals surface area contributed by atoms with Crippen molar-refractivity contribution in [1.29, 1.82) is 0 Å². The second-order valence-electron chi connectivity index (χ2n) is 9.14. The van der Waals surface area contributed by atoms with Gasteiger partial charge in [-0.3, -0.25) is 13.9 Å². The molecule has 3 rings (SSSR count). The number of nitrogens with one attached hydrogen (secondary N) is 1. The molecular weight excluding hydrogens is 485 g/mol. The van der Waals surface area contributed by atoms with Gasteiger partial charge in [-0.05, 0) is 61.7 Å². The van der Waals surface area contributed by atoms with Gasteiger partial charge in [0.2, 0.25) is 21.8 Å². The first kappa shape index (κ1) is 27.4. The van der Waals surface area contributed by atoms with Gasteiger partial charge >= 0.3 is 0 Å². The van der Waals surface area contributed by atoms with Crippen LogP contribution < -0.4 is 14.4 Å². The zero-order chi connectivity index (χ0) is 26.3. The standard InChI is InChI=1S/C26H34FN3O5S/c1-19(26(32)28-22-9-5-4-6-10-22)29(17-20-8-7-11-24(16-20)35-2)25(31)18-30(36(3,33)34)23-14-12-21(27)13-15-23/h7-8,11-16,19,22H,4-6,9-10,17-18H2,1-3H3,(H,28,32)/t19-/m0/s1. The van der Waals surface area contributed by atoms with Crippen LogP contribution in [0.5, 0.6) is 5.75 Å². The number of rotatable bonds is 10. The molecule has 2 aromatic carbocycles.